The molecule has 0 bridgehead atoms. The number of amides is 1. The molecule has 0 aromatic rings. The van der Waals surface area contributed by atoms with Crippen molar-refractivity contribution < 1.29 is 4.79 Å². The number of hydrogen-bond donors (Lipinski definition) is 2. The standard InChI is InChI=1S/C14H27N3OS/c1-12(10-17-6-3-2-4-7-17)9-16-14(18)13-11-19-8-5-15-13/h12-13,15H,2-11H2,1H3,(H,16,18). The molecule has 2 aliphatic rings. The minimum absolute atomic E-state index is 0.0148. The van der Waals surface area contributed by atoms with Gasteiger partial charge in [-0.25, -0.2) is 0 Å². The minimum Gasteiger partial charge on any atom is -0.354 e. The largest absolute Gasteiger partial charge is 0.354 e. The van der Waals surface area contributed by atoms with Crippen molar-refractivity contribution >= 4 is 17.7 Å². The van der Waals surface area contributed by atoms with E-state index in [2.05, 4.69) is 22.5 Å². The molecule has 2 unspecified atom stereocenters. The van der Waals surface area contributed by atoms with Crippen LogP contribution in [0.4, 0.5) is 0 Å². The first-order valence-corrected chi connectivity index (χ1v) is 8.72. The maximum Gasteiger partial charge on any atom is 0.238 e. The molecule has 4 nitrogen and oxygen atoms in total. The molecule has 2 N–H and O–H groups in total. The predicted molar refractivity (Wildman–Crippen MR) is 81.6 cm³/mol. The molecule has 0 saturated carbocycles. The van der Waals surface area contributed by atoms with Crippen LogP contribution >= 0.6 is 11.8 Å². The molecule has 2 saturated heterocycles. The molecule has 0 radical (unpaired) electrons. The van der Waals surface area contributed by atoms with Gasteiger partial charge in [0.25, 0.3) is 0 Å². The first kappa shape index (κ1) is 15.1. The van der Waals surface area contributed by atoms with Crippen molar-refractivity contribution in [3.05, 3.63) is 0 Å². The highest BCUT2D eigenvalue weighted by Crippen LogP contribution is 2.11. The molecule has 0 aromatic carbocycles. The van der Waals surface area contributed by atoms with E-state index in [1.54, 1.807) is 0 Å². The van der Waals surface area contributed by atoms with Crippen LogP contribution in [0.25, 0.3) is 0 Å². The van der Waals surface area contributed by atoms with Crippen LogP contribution in [0.1, 0.15) is 26.2 Å². The van der Waals surface area contributed by atoms with Crippen molar-refractivity contribution in [2.45, 2.75) is 32.2 Å². The summed E-state index contributed by atoms with van der Waals surface area (Å²) in [6.07, 6.45) is 4.05. The fourth-order valence-corrected chi connectivity index (χ4v) is 3.71. The lowest BCUT2D eigenvalue weighted by atomic mass is 10.1. The summed E-state index contributed by atoms with van der Waals surface area (Å²) in [6, 6.07) is 0.0148. The third-order valence-corrected chi connectivity index (χ3v) is 4.94. The van der Waals surface area contributed by atoms with Crippen LogP contribution in [0.15, 0.2) is 0 Å². The molecule has 2 heterocycles. The van der Waals surface area contributed by atoms with Gasteiger partial charge >= 0.3 is 0 Å². The van der Waals surface area contributed by atoms with Gasteiger partial charge in [-0.15, -0.1) is 0 Å². The quantitative estimate of drug-likeness (QED) is 0.789. The molecule has 0 aromatic heterocycles. The topological polar surface area (TPSA) is 44.4 Å². The Hall–Kier alpha value is -0.260. The van der Waals surface area contributed by atoms with Gasteiger partial charge in [-0.1, -0.05) is 13.3 Å². The van der Waals surface area contributed by atoms with Gasteiger partial charge in [0.1, 0.15) is 0 Å². The van der Waals surface area contributed by atoms with Gasteiger partial charge in [0.15, 0.2) is 0 Å². The number of hydrogen-bond acceptors (Lipinski definition) is 4. The number of piperidine rings is 1. The van der Waals surface area contributed by atoms with Crippen molar-refractivity contribution in [1.82, 2.24) is 15.5 Å². The summed E-state index contributed by atoms with van der Waals surface area (Å²) in [5.74, 6) is 2.75. The van der Waals surface area contributed by atoms with Gasteiger partial charge in [-0.2, -0.15) is 11.8 Å². The molecule has 5 heteroatoms. The van der Waals surface area contributed by atoms with Crippen LogP contribution in [-0.4, -0.2) is 61.1 Å². The Morgan fingerprint density at radius 1 is 1.42 bits per heavy atom. The zero-order valence-corrected chi connectivity index (χ0v) is 12.8. The van der Waals surface area contributed by atoms with Gasteiger partial charge in [0, 0.05) is 31.1 Å². The minimum atomic E-state index is 0.0148. The number of rotatable bonds is 5. The lowest BCUT2D eigenvalue weighted by Crippen LogP contribution is -2.50. The number of carbonyl (C=O) groups excluding carboxylic acids is 1. The van der Waals surface area contributed by atoms with Crippen molar-refractivity contribution in [3.63, 3.8) is 0 Å². The summed E-state index contributed by atoms with van der Waals surface area (Å²) in [6.45, 7) is 7.58. The molecule has 1 amide bonds. The van der Waals surface area contributed by atoms with E-state index < -0.39 is 0 Å². The van der Waals surface area contributed by atoms with Gasteiger partial charge in [0.2, 0.25) is 5.91 Å². The zero-order chi connectivity index (χ0) is 13.5. The lowest BCUT2D eigenvalue weighted by molar-refractivity contribution is -0.122. The Labute approximate surface area is 121 Å². The van der Waals surface area contributed by atoms with Crippen molar-refractivity contribution in [3.8, 4) is 0 Å². The van der Waals surface area contributed by atoms with Gasteiger partial charge in [-0.3, -0.25) is 4.79 Å². The fraction of sp³-hybridized carbons (Fsp3) is 0.929. The number of nitrogens with zero attached hydrogens (tertiary/aromatic N) is 1. The van der Waals surface area contributed by atoms with Crippen molar-refractivity contribution in [2.75, 3.05) is 44.2 Å². The molecule has 2 fully saturated rings. The average molecular weight is 285 g/mol. The molecule has 110 valence electrons. The Morgan fingerprint density at radius 2 is 2.21 bits per heavy atom. The van der Waals surface area contributed by atoms with Gasteiger partial charge in [0.05, 0.1) is 6.04 Å². The number of carbonyl (C=O) groups is 1. The van der Waals surface area contributed by atoms with Gasteiger partial charge in [-0.05, 0) is 31.8 Å². The maximum atomic E-state index is 12.0. The first-order chi connectivity index (χ1) is 9.25. The van der Waals surface area contributed by atoms with Crippen molar-refractivity contribution in [2.24, 2.45) is 5.92 Å². The Balaban J connectivity index is 1.61. The Bertz CT molecular complexity index is 276. The summed E-state index contributed by atoms with van der Waals surface area (Å²) < 4.78 is 0. The van der Waals surface area contributed by atoms with Crippen LogP contribution in [0.3, 0.4) is 0 Å². The molecule has 19 heavy (non-hydrogen) atoms. The van der Waals surface area contributed by atoms with E-state index in [1.165, 1.54) is 32.4 Å². The van der Waals surface area contributed by atoms with Crippen LogP contribution in [0.5, 0.6) is 0 Å². The predicted octanol–water partition coefficient (Wildman–Crippen LogP) is 0.930. The highest BCUT2D eigenvalue weighted by Gasteiger charge is 2.21. The molecule has 2 aliphatic heterocycles. The van der Waals surface area contributed by atoms with Crippen LogP contribution in [0.2, 0.25) is 0 Å². The molecule has 2 rings (SSSR count). The molecule has 0 aliphatic carbocycles. The maximum absolute atomic E-state index is 12.0. The average Bonchev–Trinajstić information content (AvgIpc) is 2.47. The second-order valence-electron chi connectivity index (χ2n) is 5.79. The third-order valence-electron chi connectivity index (χ3n) is 3.88. The highest BCUT2D eigenvalue weighted by atomic mass is 32.2. The van der Waals surface area contributed by atoms with E-state index in [0.29, 0.717) is 5.92 Å². The summed E-state index contributed by atoms with van der Waals surface area (Å²) >= 11 is 1.86. The molecule has 0 spiro atoms. The fourth-order valence-electron chi connectivity index (χ4n) is 2.78. The summed E-state index contributed by atoms with van der Waals surface area (Å²) in [7, 11) is 0. The molecular weight excluding hydrogens is 258 g/mol. The second kappa shape index (κ2) is 8.12. The van der Waals surface area contributed by atoms with E-state index in [9.17, 15) is 4.79 Å². The normalized spacial score (nSPS) is 26.9. The molecular formula is C14H27N3OS. The zero-order valence-electron chi connectivity index (χ0n) is 12.0. The number of thioether (sulfide) groups is 1. The highest BCUT2D eigenvalue weighted by molar-refractivity contribution is 7.99. The van der Waals surface area contributed by atoms with Gasteiger partial charge < -0.3 is 15.5 Å². The monoisotopic (exact) mass is 285 g/mol. The number of nitrogens with one attached hydrogen (secondary N) is 2. The number of likely N-dealkylation sites (tertiary alicyclic amines) is 1. The van der Waals surface area contributed by atoms with Crippen molar-refractivity contribution in [1.29, 1.82) is 0 Å². The van der Waals surface area contributed by atoms with E-state index in [-0.39, 0.29) is 11.9 Å². The van der Waals surface area contributed by atoms with E-state index in [4.69, 9.17) is 0 Å². The van der Waals surface area contributed by atoms with Crippen LogP contribution < -0.4 is 10.6 Å². The van der Waals surface area contributed by atoms with E-state index in [1.807, 2.05) is 11.8 Å². The summed E-state index contributed by atoms with van der Waals surface area (Å²) in [5, 5.41) is 6.38. The second-order valence-corrected chi connectivity index (χ2v) is 6.94. The lowest BCUT2D eigenvalue weighted by Gasteiger charge is -2.29. The Kier molecular flexibility index (Phi) is 6.47. The Morgan fingerprint density at radius 3 is 2.89 bits per heavy atom. The van der Waals surface area contributed by atoms with E-state index >= 15 is 0 Å². The smallest absolute Gasteiger partial charge is 0.238 e. The molecule has 2 atom stereocenters. The van der Waals surface area contributed by atoms with Crippen LogP contribution in [-0.2, 0) is 4.79 Å². The summed E-state index contributed by atoms with van der Waals surface area (Å²) in [5.41, 5.74) is 0. The third kappa shape index (κ3) is 5.32. The SMILES string of the molecule is CC(CNC(=O)C1CSCCN1)CN1CCCCC1. The van der Waals surface area contributed by atoms with Crippen LogP contribution in [0, 0.1) is 5.92 Å². The summed E-state index contributed by atoms with van der Waals surface area (Å²) in [4.78, 5) is 14.5. The first-order valence-electron chi connectivity index (χ1n) is 7.57. The van der Waals surface area contributed by atoms with E-state index in [0.717, 1.165) is 31.1 Å².